The van der Waals surface area contributed by atoms with Crippen molar-refractivity contribution in [2.45, 2.75) is 37.1 Å². The number of anilines is 1. The Morgan fingerprint density at radius 3 is 2.61 bits per heavy atom. The quantitative estimate of drug-likeness (QED) is 0.470. The van der Waals surface area contributed by atoms with E-state index in [9.17, 15) is 13.2 Å². The lowest BCUT2D eigenvalue weighted by molar-refractivity contribution is 0.0997. The molecule has 0 saturated heterocycles. The van der Waals surface area contributed by atoms with Crippen molar-refractivity contribution in [3.05, 3.63) is 71.5 Å². The van der Waals surface area contributed by atoms with Crippen molar-refractivity contribution in [2.24, 2.45) is 5.73 Å². The van der Waals surface area contributed by atoms with E-state index in [2.05, 4.69) is 9.97 Å². The first kappa shape index (κ1) is 21.3. The number of aromatic amines is 1. The molecule has 2 aromatic heterocycles. The molecule has 0 radical (unpaired) electrons. The van der Waals surface area contributed by atoms with Gasteiger partial charge in [-0.05, 0) is 43.2 Å². The van der Waals surface area contributed by atoms with Crippen LogP contribution in [0.2, 0.25) is 0 Å². The first-order valence-corrected chi connectivity index (χ1v) is 12.2. The van der Waals surface area contributed by atoms with Crippen LogP contribution in [0.5, 0.6) is 0 Å². The van der Waals surface area contributed by atoms with Gasteiger partial charge in [0, 0.05) is 23.9 Å². The summed E-state index contributed by atoms with van der Waals surface area (Å²) in [6.07, 6.45) is 3.36. The summed E-state index contributed by atoms with van der Waals surface area (Å²) in [4.78, 5) is 27.3. The number of nitrogens with one attached hydrogen (secondary N) is 1. The van der Waals surface area contributed by atoms with E-state index >= 15 is 0 Å². The third kappa shape index (κ3) is 3.49. The average molecular weight is 462 g/mol. The molecule has 0 fully saturated rings. The summed E-state index contributed by atoms with van der Waals surface area (Å²) in [7, 11) is -3.35. The average Bonchev–Trinajstić information content (AvgIpc) is 3.38. The molecular weight excluding hydrogens is 438 g/mol. The standard InChI is InChI=1S/C24H23N5O3S/c1-14(2)33(31,32)18-6-4-16(5-7-18)20-11-26-23-22(28-20)21(12-27-23)29-13-17-9-15(10-25)3-8-19(17)24(29)30/h3-9,11-12,14H,10,13,25H2,1-2H3,(H,26,27). The van der Waals surface area contributed by atoms with Crippen molar-refractivity contribution in [1.82, 2.24) is 15.0 Å². The Hall–Kier alpha value is -3.56. The molecule has 2 aromatic carbocycles. The molecule has 33 heavy (non-hydrogen) atoms. The first-order chi connectivity index (χ1) is 15.8. The number of hydrogen-bond acceptors (Lipinski definition) is 6. The Morgan fingerprint density at radius 1 is 1.15 bits per heavy atom. The molecule has 0 bridgehead atoms. The predicted molar refractivity (Wildman–Crippen MR) is 126 cm³/mol. The SMILES string of the molecule is CC(C)S(=O)(=O)c1ccc(-c2cnc3[nH]cc(N4Cc5cc(CN)ccc5C4=O)c3n2)cc1. The number of nitrogens with zero attached hydrogens (tertiary/aromatic N) is 3. The van der Waals surface area contributed by atoms with Crippen LogP contribution < -0.4 is 10.6 Å². The van der Waals surface area contributed by atoms with E-state index in [-0.39, 0.29) is 10.8 Å². The van der Waals surface area contributed by atoms with Crippen LogP contribution in [-0.4, -0.2) is 34.5 Å². The second-order valence-corrected chi connectivity index (χ2v) is 10.8. The van der Waals surface area contributed by atoms with Crippen LogP contribution in [0.15, 0.2) is 59.8 Å². The normalized spacial score (nSPS) is 13.8. The fraction of sp³-hybridized carbons (Fsp3) is 0.208. The molecule has 5 rings (SSSR count). The minimum atomic E-state index is -3.35. The number of H-pyrrole nitrogens is 1. The largest absolute Gasteiger partial charge is 0.343 e. The second-order valence-electron chi connectivity index (χ2n) is 8.33. The third-order valence-electron chi connectivity index (χ3n) is 5.96. The fourth-order valence-corrected chi connectivity index (χ4v) is 5.07. The van der Waals surface area contributed by atoms with Gasteiger partial charge in [0.15, 0.2) is 15.5 Å². The molecule has 0 unspecified atom stereocenters. The maximum Gasteiger partial charge on any atom is 0.259 e. The molecule has 1 aliphatic heterocycles. The molecule has 0 atom stereocenters. The Labute approximate surface area is 191 Å². The van der Waals surface area contributed by atoms with Crippen molar-refractivity contribution in [1.29, 1.82) is 0 Å². The van der Waals surface area contributed by atoms with Gasteiger partial charge in [0.05, 0.1) is 34.3 Å². The number of amides is 1. The molecule has 0 saturated carbocycles. The van der Waals surface area contributed by atoms with Crippen LogP contribution in [-0.2, 0) is 22.9 Å². The van der Waals surface area contributed by atoms with E-state index in [0.717, 1.165) is 16.7 Å². The Morgan fingerprint density at radius 2 is 1.91 bits per heavy atom. The zero-order valence-electron chi connectivity index (χ0n) is 18.2. The Balaban J connectivity index is 1.51. The second kappa shape index (κ2) is 7.79. The molecule has 8 nitrogen and oxygen atoms in total. The summed E-state index contributed by atoms with van der Waals surface area (Å²) in [6.45, 7) is 4.17. The van der Waals surface area contributed by atoms with Crippen molar-refractivity contribution in [2.75, 3.05) is 4.90 Å². The number of carbonyl (C=O) groups excluding carboxylic acids is 1. The van der Waals surface area contributed by atoms with Crippen LogP contribution in [0.3, 0.4) is 0 Å². The van der Waals surface area contributed by atoms with Gasteiger partial charge in [-0.3, -0.25) is 4.79 Å². The van der Waals surface area contributed by atoms with Crippen molar-refractivity contribution in [3.8, 4) is 11.3 Å². The number of rotatable bonds is 5. The maximum atomic E-state index is 13.1. The number of hydrogen-bond donors (Lipinski definition) is 2. The van der Waals surface area contributed by atoms with Gasteiger partial charge in [-0.25, -0.2) is 18.4 Å². The lowest BCUT2D eigenvalue weighted by Gasteiger charge is -2.14. The molecule has 1 aliphatic rings. The van der Waals surface area contributed by atoms with Crippen LogP contribution in [0.25, 0.3) is 22.4 Å². The zero-order chi connectivity index (χ0) is 23.3. The summed E-state index contributed by atoms with van der Waals surface area (Å²) >= 11 is 0. The summed E-state index contributed by atoms with van der Waals surface area (Å²) in [5, 5.41) is -0.495. The first-order valence-electron chi connectivity index (χ1n) is 10.6. The number of aromatic nitrogens is 3. The monoisotopic (exact) mass is 461 g/mol. The molecule has 3 N–H and O–H groups in total. The van der Waals surface area contributed by atoms with E-state index in [0.29, 0.717) is 41.2 Å². The summed E-state index contributed by atoms with van der Waals surface area (Å²) in [5.74, 6) is -0.0927. The molecule has 3 heterocycles. The van der Waals surface area contributed by atoms with Crippen LogP contribution >= 0.6 is 0 Å². The highest BCUT2D eigenvalue weighted by Crippen LogP contribution is 2.33. The summed E-state index contributed by atoms with van der Waals surface area (Å²) in [5.41, 5.74) is 11.4. The van der Waals surface area contributed by atoms with Crippen LogP contribution in [0, 0.1) is 0 Å². The molecule has 1 amide bonds. The van der Waals surface area contributed by atoms with Crippen molar-refractivity contribution in [3.63, 3.8) is 0 Å². The summed E-state index contributed by atoms with van der Waals surface area (Å²) < 4.78 is 24.8. The number of carbonyl (C=O) groups is 1. The highest BCUT2D eigenvalue weighted by Gasteiger charge is 2.31. The van der Waals surface area contributed by atoms with Gasteiger partial charge in [0.1, 0.15) is 5.52 Å². The van der Waals surface area contributed by atoms with E-state index < -0.39 is 15.1 Å². The fourth-order valence-electron chi connectivity index (χ4n) is 4.01. The molecule has 4 aromatic rings. The maximum absolute atomic E-state index is 13.1. The number of nitrogens with two attached hydrogens (primary N) is 1. The molecule has 9 heteroatoms. The molecular formula is C24H23N5O3S. The Bertz CT molecular complexity index is 1490. The number of fused-ring (bicyclic) bond motifs is 2. The summed E-state index contributed by atoms with van der Waals surface area (Å²) in [6, 6.07) is 12.3. The van der Waals surface area contributed by atoms with E-state index in [4.69, 9.17) is 10.7 Å². The van der Waals surface area contributed by atoms with Gasteiger partial charge < -0.3 is 15.6 Å². The molecule has 0 aliphatic carbocycles. The lowest BCUT2D eigenvalue weighted by atomic mass is 10.1. The lowest BCUT2D eigenvalue weighted by Crippen LogP contribution is -2.22. The van der Waals surface area contributed by atoms with Gasteiger partial charge >= 0.3 is 0 Å². The highest BCUT2D eigenvalue weighted by atomic mass is 32.2. The third-order valence-corrected chi connectivity index (χ3v) is 8.13. The van der Waals surface area contributed by atoms with Gasteiger partial charge in [-0.15, -0.1) is 0 Å². The van der Waals surface area contributed by atoms with Gasteiger partial charge in [0.2, 0.25) is 0 Å². The van der Waals surface area contributed by atoms with Gasteiger partial charge in [-0.2, -0.15) is 0 Å². The van der Waals surface area contributed by atoms with Gasteiger partial charge in [0.25, 0.3) is 5.91 Å². The van der Waals surface area contributed by atoms with E-state index in [1.807, 2.05) is 18.2 Å². The van der Waals surface area contributed by atoms with E-state index in [1.165, 1.54) is 0 Å². The number of benzene rings is 2. The van der Waals surface area contributed by atoms with E-state index in [1.54, 1.807) is 55.4 Å². The number of sulfone groups is 1. The zero-order valence-corrected chi connectivity index (χ0v) is 19.1. The van der Waals surface area contributed by atoms with Crippen LogP contribution in [0.4, 0.5) is 5.69 Å². The van der Waals surface area contributed by atoms with Gasteiger partial charge in [-0.1, -0.05) is 24.3 Å². The minimum Gasteiger partial charge on any atom is -0.343 e. The van der Waals surface area contributed by atoms with Crippen LogP contribution in [0.1, 0.15) is 35.3 Å². The highest BCUT2D eigenvalue weighted by molar-refractivity contribution is 7.92. The topological polar surface area (TPSA) is 122 Å². The smallest absolute Gasteiger partial charge is 0.259 e. The molecule has 0 spiro atoms. The predicted octanol–water partition coefficient (Wildman–Crippen LogP) is 3.43. The Kier molecular flexibility index (Phi) is 5.02. The van der Waals surface area contributed by atoms with Crippen molar-refractivity contribution < 1.29 is 13.2 Å². The molecule has 168 valence electrons. The minimum absolute atomic E-state index is 0.0927. The van der Waals surface area contributed by atoms with Crippen molar-refractivity contribution >= 4 is 32.6 Å².